The minimum atomic E-state index is -1.03. The van der Waals surface area contributed by atoms with Gasteiger partial charge in [-0.3, -0.25) is 4.79 Å². The van der Waals surface area contributed by atoms with E-state index in [-0.39, 0.29) is 28.1 Å². The molecule has 7 nitrogen and oxygen atoms in total. The highest BCUT2D eigenvalue weighted by Crippen LogP contribution is 2.50. The molecule has 0 radical (unpaired) electrons. The number of esters is 2. The standard InChI is InChI=1S/C22H16Br2ClNO6S/c1-31-20(29)11-7-12(21(30)32-2)9-13(8-11)26-19(28)16-10-17(33-22(23,24)25)14-5-3-4-6-15(14)18(16)27/h3-10,27H,1-2H3,(H,26,28). The Kier molecular flexibility index (Phi) is 7.94. The van der Waals surface area contributed by atoms with Gasteiger partial charge in [-0.25, -0.2) is 9.59 Å². The van der Waals surface area contributed by atoms with E-state index >= 15 is 0 Å². The van der Waals surface area contributed by atoms with Gasteiger partial charge in [-0.15, -0.1) is 0 Å². The first kappa shape index (κ1) is 25.4. The highest BCUT2D eigenvalue weighted by atomic mass is 79.9. The summed E-state index contributed by atoms with van der Waals surface area (Å²) in [6.45, 7) is 0. The van der Waals surface area contributed by atoms with Crippen molar-refractivity contribution in [3.8, 4) is 5.75 Å². The van der Waals surface area contributed by atoms with Crippen molar-refractivity contribution < 1.29 is 29.0 Å². The number of anilines is 1. The number of phenolic OH excluding ortho intramolecular Hbond substituents is 1. The van der Waals surface area contributed by atoms with Crippen LogP contribution in [0.15, 0.2) is 53.4 Å². The van der Waals surface area contributed by atoms with Gasteiger partial charge in [-0.05, 0) is 61.5 Å². The number of phenols is 1. The zero-order valence-corrected chi connectivity index (χ0v) is 21.9. The van der Waals surface area contributed by atoms with Crippen LogP contribution in [-0.2, 0) is 9.47 Å². The third kappa shape index (κ3) is 6.00. The fourth-order valence-electron chi connectivity index (χ4n) is 3.08. The second kappa shape index (κ2) is 10.3. The van der Waals surface area contributed by atoms with Gasteiger partial charge in [0.05, 0.1) is 30.9 Å². The molecular formula is C22H16Br2ClNO6S. The Balaban J connectivity index is 2.07. The molecule has 0 aromatic heterocycles. The Morgan fingerprint density at radius 3 is 2.03 bits per heavy atom. The number of fused-ring (bicyclic) bond motifs is 1. The van der Waals surface area contributed by atoms with Crippen LogP contribution >= 0.6 is 55.2 Å². The molecule has 1 amide bonds. The predicted octanol–water partition coefficient (Wildman–Crippen LogP) is 6.10. The Morgan fingerprint density at radius 1 is 0.970 bits per heavy atom. The first-order chi connectivity index (χ1) is 15.5. The molecule has 0 heterocycles. The van der Waals surface area contributed by atoms with Crippen molar-refractivity contribution >= 4 is 89.5 Å². The summed E-state index contributed by atoms with van der Waals surface area (Å²) in [5.74, 6) is -2.29. The number of hydrogen-bond donors (Lipinski definition) is 2. The normalized spacial score (nSPS) is 11.2. The first-order valence-electron chi connectivity index (χ1n) is 9.17. The van der Waals surface area contributed by atoms with E-state index in [1.54, 1.807) is 24.3 Å². The van der Waals surface area contributed by atoms with Crippen molar-refractivity contribution in [1.82, 2.24) is 0 Å². The highest BCUT2D eigenvalue weighted by Gasteiger charge is 2.25. The van der Waals surface area contributed by atoms with Gasteiger partial charge in [0.2, 0.25) is 2.02 Å². The molecule has 11 heteroatoms. The number of halogens is 3. The lowest BCUT2D eigenvalue weighted by Crippen LogP contribution is -2.15. The average Bonchev–Trinajstić information content (AvgIpc) is 2.78. The number of nitrogens with one attached hydrogen (secondary N) is 1. The molecule has 0 aliphatic heterocycles. The fraction of sp³-hybridized carbons (Fsp3) is 0.136. The topological polar surface area (TPSA) is 102 Å². The van der Waals surface area contributed by atoms with Crippen LogP contribution in [0.5, 0.6) is 5.75 Å². The Hall–Kier alpha value is -2.27. The number of amides is 1. The second-order valence-corrected chi connectivity index (χ2v) is 14.1. The van der Waals surface area contributed by atoms with Gasteiger partial charge in [-0.1, -0.05) is 47.6 Å². The van der Waals surface area contributed by atoms with E-state index in [9.17, 15) is 19.5 Å². The molecule has 3 rings (SSSR count). The molecule has 33 heavy (non-hydrogen) atoms. The average molecular weight is 618 g/mol. The zero-order chi connectivity index (χ0) is 24.3. The van der Waals surface area contributed by atoms with Crippen molar-refractivity contribution in [3.63, 3.8) is 0 Å². The number of alkyl halides is 3. The van der Waals surface area contributed by atoms with Crippen LogP contribution in [0.3, 0.4) is 0 Å². The van der Waals surface area contributed by atoms with E-state index in [0.717, 1.165) is 0 Å². The summed E-state index contributed by atoms with van der Waals surface area (Å²) in [7, 11) is 2.39. The van der Waals surface area contributed by atoms with Crippen LogP contribution in [0.1, 0.15) is 31.1 Å². The summed E-state index contributed by atoms with van der Waals surface area (Å²) >= 11 is 14.0. The van der Waals surface area contributed by atoms with Crippen molar-refractivity contribution in [2.45, 2.75) is 6.92 Å². The Labute approximate surface area is 215 Å². The number of methoxy groups -OCH3 is 2. The van der Waals surface area contributed by atoms with Crippen molar-refractivity contribution in [2.75, 3.05) is 19.5 Å². The van der Waals surface area contributed by atoms with Crippen LogP contribution in [0, 0.1) is 0 Å². The lowest BCUT2D eigenvalue weighted by molar-refractivity contribution is 0.0598. The summed E-state index contributed by atoms with van der Waals surface area (Å²) in [6, 6.07) is 12.5. The van der Waals surface area contributed by atoms with E-state index in [2.05, 4.69) is 37.2 Å². The molecule has 172 valence electrons. The minimum absolute atomic E-state index is 0.0276. The van der Waals surface area contributed by atoms with Crippen LogP contribution < -0.4 is 5.32 Å². The number of aromatic hydroxyl groups is 1. The molecule has 0 unspecified atom stereocenters. The molecule has 0 bridgehead atoms. The molecule has 3 aromatic rings. The number of ether oxygens (including phenoxy) is 2. The largest absolute Gasteiger partial charge is 0.506 e. The molecule has 0 atom stereocenters. The molecular weight excluding hydrogens is 602 g/mol. The molecule has 0 spiro atoms. The molecule has 0 saturated carbocycles. The van der Waals surface area contributed by atoms with Crippen LogP contribution in [0.25, 0.3) is 10.8 Å². The smallest absolute Gasteiger partial charge is 0.337 e. The maximum absolute atomic E-state index is 13.1. The van der Waals surface area contributed by atoms with Gasteiger partial charge < -0.3 is 19.9 Å². The Bertz CT molecular complexity index is 1230. The maximum atomic E-state index is 13.1. The summed E-state index contributed by atoms with van der Waals surface area (Å²) < 4.78 is 8.39. The third-order valence-corrected chi connectivity index (χ3v) is 6.47. The molecule has 0 saturated heterocycles. The summed E-state index contributed by atoms with van der Waals surface area (Å²) in [4.78, 5) is 37.8. The number of rotatable bonds is 6. The van der Waals surface area contributed by atoms with Gasteiger partial charge in [0.25, 0.3) is 5.91 Å². The monoisotopic (exact) mass is 615 g/mol. The van der Waals surface area contributed by atoms with Gasteiger partial charge in [0.1, 0.15) is 5.75 Å². The van der Waals surface area contributed by atoms with E-state index in [4.69, 9.17) is 21.1 Å². The van der Waals surface area contributed by atoms with Crippen molar-refractivity contribution in [3.05, 3.63) is 65.2 Å². The fourth-order valence-corrected chi connectivity index (χ4v) is 5.09. The van der Waals surface area contributed by atoms with Gasteiger partial charge in [0, 0.05) is 16.0 Å². The number of benzene rings is 3. The second-order valence-electron chi connectivity index (χ2n) is 6.60. The summed E-state index contributed by atoms with van der Waals surface area (Å²) in [5, 5.41) is 14.6. The van der Waals surface area contributed by atoms with Crippen LogP contribution in [-0.4, -0.2) is 39.2 Å². The van der Waals surface area contributed by atoms with Crippen LogP contribution in [0.2, 0.25) is 0 Å². The summed E-state index contributed by atoms with van der Waals surface area (Å²) in [5.41, 5.74) is 0.193. The number of hydrogen-bond acceptors (Lipinski definition) is 7. The number of thioether (sulfide) groups is 1. The number of carbonyl (C=O) groups is 3. The minimum Gasteiger partial charge on any atom is -0.506 e. The van der Waals surface area contributed by atoms with Gasteiger partial charge in [-0.2, -0.15) is 0 Å². The molecule has 3 aromatic carbocycles. The van der Waals surface area contributed by atoms with Crippen LogP contribution in [0.4, 0.5) is 5.69 Å². The quantitative estimate of drug-likeness (QED) is 0.196. The van der Waals surface area contributed by atoms with E-state index in [1.165, 1.54) is 50.2 Å². The van der Waals surface area contributed by atoms with E-state index in [0.29, 0.717) is 15.7 Å². The van der Waals surface area contributed by atoms with E-state index in [1.807, 2.05) is 0 Å². The van der Waals surface area contributed by atoms with E-state index < -0.39 is 19.9 Å². The third-order valence-electron chi connectivity index (χ3n) is 4.48. The van der Waals surface area contributed by atoms with Gasteiger partial charge in [0.15, 0.2) is 0 Å². The molecule has 0 aliphatic rings. The van der Waals surface area contributed by atoms with Gasteiger partial charge >= 0.3 is 11.9 Å². The SMILES string of the molecule is COC(=O)c1cc(NC(=O)c2cc(SC(Cl)(Br)Br)c3ccccc3c2O)cc(C(=O)OC)c1. The lowest BCUT2D eigenvalue weighted by atomic mass is 10.0. The molecule has 0 fully saturated rings. The zero-order valence-electron chi connectivity index (χ0n) is 17.1. The summed E-state index contributed by atoms with van der Waals surface area (Å²) in [6.07, 6.45) is 0. The van der Waals surface area contributed by atoms with Crippen molar-refractivity contribution in [1.29, 1.82) is 0 Å². The first-order valence-corrected chi connectivity index (χ1v) is 12.0. The lowest BCUT2D eigenvalue weighted by Gasteiger charge is -2.16. The Morgan fingerprint density at radius 2 is 1.52 bits per heavy atom. The van der Waals surface area contributed by atoms with Crippen molar-refractivity contribution in [2.24, 2.45) is 0 Å². The maximum Gasteiger partial charge on any atom is 0.337 e. The number of carbonyl (C=O) groups excluding carboxylic acids is 3. The molecule has 0 aliphatic carbocycles. The highest BCUT2D eigenvalue weighted by molar-refractivity contribution is 9.29. The predicted molar refractivity (Wildman–Crippen MR) is 135 cm³/mol. The molecule has 2 N–H and O–H groups in total.